The van der Waals surface area contributed by atoms with Gasteiger partial charge in [-0.2, -0.15) is 0 Å². The highest BCUT2D eigenvalue weighted by Gasteiger charge is 2.27. The molecular weight excluding hydrogens is 168 g/mol. The van der Waals surface area contributed by atoms with Crippen molar-refractivity contribution in [1.29, 1.82) is 0 Å². The molecule has 2 aromatic rings. The summed E-state index contributed by atoms with van der Waals surface area (Å²) in [5.74, 6) is 1.35. The first-order valence-corrected chi connectivity index (χ1v) is 5.30. The summed E-state index contributed by atoms with van der Waals surface area (Å²) in [7, 11) is 0. The minimum absolute atomic E-state index is 0.677. The Bertz CT molecular complexity index is 454. The predicted molar refractivity (Wildman–Crippen MR) is 60.8 cm³/mol. The van der Waals surface area contributed by atoms with Crippen molar-refractivity contribution in [1.82, 2.24) is 0 Å². The van der Waals surface area contributed by atoms with Crippen LogP contribution < -0.4 is 0 Å². The molecule has 2 unspecified atom stereocenters. The molecule has 14 heavy (non-hydrogen) atoms. The topological polar surface area (TPSA) is 0 Å². The average Bonchev–Trinajstić information content (AvgIpc) is 2.47. The van der Waals surface area contributed by atoms with Crippen LogP contribution in [0.5, 0.6) is 0 Å². The van der Waals surface area contributed by atoms with E-state index in [0.29, 0.717) is 11.8 Å². The van der Waals surface area contributed by atoms with Gasteiger partial charge in [0.25, 0.3) is 0 Å². The van der Waals surface area contributed by atoms with Gasteiger partial charge in [-0.3, -0.25) is 0 Å². The molecule has 1 aliphatic rings. The van der Waals surface area contributed by atoms with Gasteiger partial charge in [0, 0.05) is 0 Å². The lowest BCUT2D eigenvalue weighted by Gasteiger charge is -2.10. The van der Waals surface area contributed by atoms with E-state index in [1.54, 1.807) is 0 Å². The molecule has 0 aliphatic heterocycles. The molecule has 0 bridgehead atoms. The third-order valence-corrected chi connectivity index (χ3v) is 3.70. The number of rotatable bonds is 0. The predicted octanol–water partition coefficient (Wildman–Crippen LogP) is 4.06. The normalized spacial score (nSPS) is 24.4. The lowest BCUT2D eigenvalue weighted by atomic mass is 9.94. The minimum atomic E-state index is 0.677. The highest BCUT2D eigenvalue weighted by Crippen LogP contribution is 2.45. The van der Waals surface area contributed by atoms with Crippen molar-refractivity contribution in [3.05, 3.63) is 47.5 Å². The van der Waals surface area contributed by atoms with Crippen LogP contribution in [0.1, 0.15) is 36.8 Å². The largest absolute Gasteiger partial charge is 0.0613 e. The van der Waals surface area contributed by atoms with E-state index in [0.717, 1.165) is 0 Å². The maximum atomic E-state index is 2.33. The molecule has 0 saturated heterocycles. The molecule has 0 heteroatoms. The molecule has 0 N–H and O–H groups in total. The first-order chi connectivity index (χ1) is 6.79. The van der Waals surface area contributed by atoms with Gasteiger partial charge < -0.3 is 0 Å². The lowest BCUT2D eigenvalue weighted by Crippen LogP contribution is -1.95. The fourth-order valence-corrected chi connectivity index (χ4v) is 2.70. The molecule has 70 valence electrons. The molecule has 0 spiro atoms. The van der Waals surface area contributed by atoms with Crippen LogP contribution in [-0.4, -0.2) is 0 Å². The van der Waals surface area contributed by atoms with Gasteiger partial charge in [-0.15, -0.1) is 0 Å². The Morgan fingerprint density at radius 1 is 0.786 bits per heavy atom. The quantitative estimate of drug-likeness (QED) is 0.576. The molecule has 2 atom stereocenters. The van der Waals surface area contributed by atoms with Crippen LogP contribution in [-0.2, 0) is 0 Å². The molecule has 0 aromatic heterocycles. The molecule has 0 radical (unpaired) electrons. The Balaban J connectivity index is 2.49. The van der Waals surface area contributed by atoms with Crippen molar-refractivity contribution in [2.45, 2.75) is 25.7 Å². The summed E-state index contributed by atoms with van der Waals surface area (Å²) < 4.78 is 0. The smallest absolute Gasteiger partial charge is 0.0114 e. The van der Waals surface area contributed by atoms with Gasteiger partial charge >= 0.3 is 0 Å². The van der Waals surface area contributed by atoms with E-state index >= 15 is 0 Å². The molecule has 0 amide bonds. The monoisotopic (exact) mass is 182 g/mol. The van der Waals surface area contributed by atoms with E-state index in [9.17, 15) is 0 Å². The standard InChI is InChI=1S/C14H14/c1-9-10(2)13-8-4-6-11-5-3-7-12(9)14(11)13/h3-10H,1-2H3. The van der Waals surface area contributed by atoms with Crippen LogP contribution in [0, 0.1) is 0 Å². The van der Waals surface area contributed by atoms with Gasteiger partial charge in [-0.05, 0) is 33.7 Å². The SMILES string of the molecule is CC1c2cccc3cccc(c23)C1C. The second-order valence-corrected chi connectivity index (χ2v) is 4.37. The number of hydrogen-bond acceptors (Lipinski definition) is 0. The van der Waals surface area contributed by atoms with Crippen molar-refractivity contribution < 1.29 is 0 Å². The third kappa shape index (κ3) is 0.836. The summed E-state index contributed by atoms with van der Waals surface area (Å²) in [5, 5.41) is 2.91. The highest BCUT2D eigenvalue weighted by atomic mass is 14.3. The Morgan fingerprint density at radius 2 is 1.29 bits per heavy atom. The fraction of sp³-hybridized carbons (Fsp3) is 0.286. The van der Waals surface area contributed by atoms with E-state index in [-0.39, 0.29) is 0 Å². The molecular formula is C14H14. The Morgan fingerprint density at radius 3 is 1.79 bits per heavy atom. The molecule has 0 heterocycles. The molecule has 3 rings (SSSR count). The highest BCUT2D eigenvalue weighted by molar-refractivity contribution is 5.92. The molecule has 0 fully saturated rings. The van der Waals surface area contributed by atoms with Crippen LogP contribution in [0.3, 0.4) is 0 Å². The van der Waals surface area contributed by atoms with Gasteiger partial charge in [0.15, 0.2) is 0 Å². The van der Waals surface area contributed by atoms with Gasteiger partial charge in [0.1, 0.15) is 0 Å². The van der Waals surface area contributed by atoms with Gasteiger partial charge in [0.2, 0.25) is 0 Å². The lowest BCUT2D eigenvalue weighted by molar-refractivity contribution is 0.655. The second-order valence-electron chi connectivity index (χ2n) is 4.37. The summed E-state index contributed by atoms with van der Waals surface area (Å²) >= 11 is 0. The minimum Gasteiger partial charge on any atom is -0.0613 e. The van der Waals surface area contributed by atoms with E-state index in [1.807, 2.05) is 0 Å². The van der Waals surface area contributed by atoms with Crippen LogP contribution >= 0.6 is 0 Å². The molecule has 2 aromatic carbocycles. The van der Waals surface area contributed by atoms with Gasteiger partial charge in [0.05, 0.1) is 0 Å². The summed E-state index contributed by atoms with van der Waals surface area (Å²) in [5.41, 5.74) is 3.07. The van der Waals surface area contributed by atoms with E-state index in [2.05, 4.69) is 50.2 Å². The Kier molecular flexibility index (Phi) is 1.49. The van der Waals surface area contributed by atoms with Crippen LogP contribution in [0.2, 0.25) is 0 Å². The second kappa shape index (κ2) is 2.60. The van der Waals surface area contributed by atoms with Crippen molar-refractivity contribution >= 4 is 10.8 Å². The zero-order chi connectivity index (χ0) is 9.71. The fourth-order valence-electron chi connectivity index (χ4n) is 2.70. The molecule has 0 nitrogen and oxygen atoms in total. The number of benzene rings is 2. The Labute approximate surface area is 84.6 Å². The number of hydrogen-bond donors (Lipinski definition) is 0. The summed E-state index contributed by atoms with van der Waals surface area (Å²) in [6.45, 7) is 4.67. The maximum absolute atomic E-state index is 2.33. The molecule has 1 aliphatic carbocycles. The molecule has 0 saturated carbocycles. The van der Waals surface area contributed by atoms with E-state index in [1.165, 1.54) is 21.9 Å². The van der Waals surface area contributed by atoms with Crippen LogP contribution in [0.4, 0.5) is 0 Å². The van der Waals surface area contributed by atoms with Gasteiger partial charge in [-0.1, -0.05) is 50.2 Å². The zero-order valence-corrected chi connectivity index (χ0v) is 8.62. The van der Waals surface area contributed by atoms with Crippen molar-refractivity contribution in [3.8, 4) is 0 Å². The first kappa shape index (κ1) is 8.05. The van der Waals surface area contributed by atoms with E-state index < -0.39 is 0 Å². The van der Waals surface area contributed by atoms with Crippen molar-refractivity contribution in [2.24, 2.45) is 0 Å². The van der Waals surface area contributed by atoms with Crippen LogP contribution in [0.25, 0.3) is 10.8 Å². The maximum Gasteiger partial charge on any atom is -0.0114 e. The van der Waals surface area contributed by atoms with E-state index in [4.69, 9.17) is 0 Å². The van der Waals surface area contributed by atoms with Crippen molar-refractivity contribution in [3.63, 3.8) is 0 Å². The Hall–Kier alpha value is -1.30. The summed E-state index contributed by atoms with van der Waals surface area (Å²) in [6, 6.07) is 13.3. The zero-order valence-electron chi connectivity index (χ0n) is 8.62. The van der Waals surface area contributed by atoms with Gasteiger partial charge in [-0.25, -0.2) is 0 Å². The third-order valence-electron chi connectivity index (χ3n) is 3.70. The van der Waals surface area contributed by atoms with Crippen LogP contribution in [0.15, 0.2) is 36.4 Å². The summed E-state index contributed by atoms with van der Waals surface area (Å²) in [6.07, 6.45) is 0. The summed E-state index contributed by atoms with van der Waals surface area (Å²) in [4.78, 5) is 0. The first-order valence-electron chi connectivity index (χ1n) is 5.30. The van der Waals surface area contributed by atoms with Crippen molar-refractivity contribution in [2.75, 3.05) is 0 Å². The average molecular weight is 182 g/mol.